The van der Waals surface area contributed by atoms with Crippen LogP contribution in [0.15, 0.2) is 0 Å². The molecule has 0 saturated carbocycles. The van der Waals surface area contributed by atoms with Crippen LogP contribution >= 0.6 is 8.46 Å². The van der Waals surface area contributed by atoms with Gasteiger partial charge in [0, 0.05) is 6.92 Å². The zero-order chi connectivity index (χ0) is 6.57. The summed E-state index contributed by atoms with van der Waals surface area (Å²) in [6.07, 6.45) is 0. The van der Waals surface area contributed by atoms with E-state index in [0.717, 1.165) is 0 Å². The number of carbonyl (C=O) groups excluding carboxylic acids is 1. The maximum atomic E-state index is 10.1. The van der Waals surface area contributed by atoms with Crippen molar-refractivity contribution in [3.05, 3.63) is 5.53 Å². The molecule has 0 bridgehead atoms. The highest BCUT2D eigenvalue weighted by atomic mass is 31.1. The summed E-state index contributed by atoms with van der Waals surface area (Å²) in [5, 5.41) is 0. The zero-order valence-electron chi connectivity index (χ0n) is 4.16. The van der Waals surface area contributed by atoms with E-state index in [9.17, 15) is 9.36 Å². The normalized spacial score (nSPS) is 8.12. The summed E-state index contributed by atoms with van der Waals surface area (Å²) < 4.78 is 9.76. The molecule has 0 aromatic carbocycles. The summed E-state index contributed by atoms with van der Waals surface area (Å²) in [5.41, 5.74) is 7.50. The fourth-order valence-electron chi connectivity index (χ4n) is 0.153. The summed E-state index contributed by atoms with van der Waals surface area (Å²) in [6, 6.07) is 0. The van der Waals surface area contributed by atoms with Crippen LogP contribution in [0.25, 0.3) is 5.53 Å². The molecule has 0 rings (SSSR count). The maximum absolute atomic E-state index is 10.1. The van der Waals surface area contributed by atoms with Gasteiger partial charge in [-0.05, 0) is 0 Å². The molecule has 8 heavy (non-hydrogen) atoms. The summed E-state index contributed by atoms with van der Waals surface area (Å²) in [7, 11) is -0.546. The van der Waals surface area contributed by atoms with Gasteiger partial charge in [0.15, 0.2) is 0 Å². The molecule has 42 valence electrons. The first-order valence-electron chi connectivity index (χ1n) is 1.78. The van der Waals surface area contributed by atoms with Crippen LogP contribution in [0.1, 0.15) is 6.92 Å². The van der Waals surface area contributed by atoms with Crippen LogP contribution in [0, 0.1) is 0 Å². The number of Topliss-reactive ketones (excluding diaryl/α,β-unsaturated/α-hetero) is 1. The van der Waals surface area contributed by atoms with E-state index in [2.05, 4.69) is 4.79 Å². The van der Waals surface area contributed by atoms with Crippen LogP contribution in [0.4, 0.5) is 0 Å². The van der Waals surface area contributed by atoms with Gasteiger partial charge >= 0.3 is 5.45 Å². The average Bonchev–Trinajstić information content (AvgIpc) is 1.69. The monoisotopic (exact) mass is 130 g/mol. The van der Waals surface area contributed by atoms with Gasteiger partial charge < -0.3 is 5.53 Å². The number of ketones is 1. The molecule has 0 N–H and O–H groups in total. The third-order valence-electron chi connectivity index (χ3n) is 0.496. The molecule has 0 spiro atoms. The minimum atomic E-state index is -0.546. The Morgan fingerprint density at radius 3 is 2.25 bits per heavy atom. The van der Waals surface area contributed by atoms with E-state index in [1.165, 1.54) is 6.92 Å². The van der Waals surface area contributed by atoms with Crippen molar-refractivity contribution in [3.63, 3.8) is 0 Å². The Labute approximate surface area is 47.3 Å². The lowest BCUT2D eigenvalue weighted by atomic mass is 10.5. The molecule has 0 aromatic rings. The van der Waals surface area contributed by atoms with Gasteiger partial charge in [0.05, 0.1) is 0 Å². The lowest BCUT2D eigenvalue weighted by molar-refractivity contribution is -0.114. The molecule has 0 saturated heterocycles. The number of nitrogens with zero attached hydrogens (tertiary/aromatic N) is 2. The lowest BCUT2D eigenvalue weighted by Crippen LogP contribution is -2.01. The summed E-state index contributed by atoms with van der Waals surface area (Å²) in [5.74, 6) is -0.496. The molecule has 5 heteroatoms. The predicted octanol–water partition coefficient (Wildman–Crippen LogP) is 0.495. The molecule has 0 fully saturated rings. The van der Waals surface area contributed by atoms with Crippen LogP contribution < -0.4 is 0 Å². The first-order valence-corrected chi connectivity index (χ1v) is 2.60. The van der Waals surface area contributed by atoms with Crippen LogP contribution in [-0.2, 0) is 9.36 Å². The second-order valence-corrected chi connectivity index (χ2v) is 1.68. The Morgan fingerprint density at radius 2 is 2.25 bits per heavy atom. The summed E-state index contributed by atoms with van der Waals surface area (Å²) in [4.78, 5) is 12.6. The number of hydrogen-bond acceptors (Lipinski definition) is 2. The van der Waals surface area contributed by atoms with Gasteiger partial charge in [0.2, 0.25) is 5.78 Å². The third-order valence-corrected chi connectivity index (χ3v) is 1.07. The Kier molecular flexibility index (Phi) is 2.85. The number of rotatable bonds is 2. The molecule has 0 atom stereocenters. The zero-order valence-corrected chi connectivity index (χ0v) is 5.05. The first-order chi connectivity index (χ1) is 3.72. The quantitative estimate of drug-likeness (QED) is 0.236. The highest BCUT2D eigenvalue weighted by Gasteiger charge is 2.12. The van der Waals surface area contributed by atoms with Gasteiger partial charge in [-0.1, -0.05) is 0 Å². The largest absolute Gasteiger partial charge is 0.422 e. The maximum Gasteiger partial charge on any atom is 0.422 e. The second kappa shape index (κ2) is 3.19. The van der Waals surface area contributed by atoms with Crippen LogP contribution in [0.3, 0.4) is 0 Å². The van der Waals surface area contributed by atoms with E-state index in [0.29, 0.717) is 0 Å². The fourth-order valence-corrected chi connectivity index (χ4v) is 0.318. The van der Waals surface area contributed by atoms with E-state index in [4.69, 9.17) is 5.53 Å². The van der Waals surface area contributed by atoms with E-state index in [-0.39, 0.29) is 5.45 Å². The van der Waals surface area contributed by atoms with Crippen molar-refractivity contribution < 1.29 is 14.1 Å². The van der Waals surface area contributed by atoms with Gasteiger partial charge in [-0.2, -0.15) is 4.79 Å². The minimum absolute atomic E-state index is 0.356. The van der Waals surface area contributed by atoms with Gasteiger partial charge in [-0.15, -0.1) is 0 Å². The molecule has 0 aliphatic heterocycles. The Morgan fingerprint density at radius 1 is 1.75 bits per heavy atom. The fraction of sp³-hybridized carbons (Fsp3) is 0.333. The van der Waals surface area contributed by atoms with E-state index in [1.54, 1.807) is 0 Å². The van der Waals surface area contributed by atoms with Crippen molar-refractivity contribution in [1.82, 2.24) is 0 Å². The molecule has 0 unspecified atom stereocenters. The molecule has 0 amide bonds. The van der Waals surface area contributed by atoms with Crippen molar-refractivity contribution in [2.45, 2.75) is 6.92 Å². The summed E-state index contributed by atoms with van der Waals surface area (Å²) in [6.45, 7) is 1.17. The van der Waals surface area contributed by atoms with Crippen molar-refractivity contribution >= 4 is 19.7 Å². The van der Waals surface area contributed by atoms with E-state index < -0.39 is 14.2 Å². The average molecular weight is 130 g/mol. The van der Waals surface area contributed by atoms with Crippen molar-refractivity contribution in [3.8, 4) is 0 Å². The topological polar surface area (TPSA) is 70.5 Å². The van der Waals surface area contributed by atoms with Gasteiger partial charge in [0.1, 0.15) is 0 Å². The van der Waals surface area contributed by atoms with Crippen molar-refractivity contribution in [2.24, 2.45) is 0 Å². The molecular weight excluding hydrogens is 127 g/mol. The molecule has 4 nitrogen and oxygen atoms in total. The highest BCUT2D eigenvalue weighted by Crippen LogP contribution is 1.92. The third kappa shape index (κ3) is 1.73. The molecule has 0 radical (unpaired) electrons. The van der Waals surface area contributed by atoms with Gasteiger partial charge in [0.25, 0.3) is 8.46 Å². The molecule has 0 aromatic heterocycles. The Hall–Kier alpha value is -0.850. The van der Waals surface area contributed by atoms with Crippen molar-refractivity contribution in [2.75, 3.05) is 0 Å². The molecular formula is C3H3N2O2P. The summed E-state index contributed by atoms with van der Waals surface area (Å²) >= 11 is 0. The van der Waals surface area contributed by atoms with E-state index in [1.807, 2.05) is 0 Å². The second-order valence-electron chi connectivity index (χ2n) is 1.07. The van der Waals surface area contributed by atoms with Crippen LogP contribution in [0.2, 0.25) is 0 Å². The minimum Gasteiger partial charge on any atom is -0.360 e. The van der Waals surface area contributed by atoms with Crippen molar-refractivity contribution in [1.29, 1.82) is 0 Å². The number of carbonyl (C=O) groups is 1. The standard InChI is InChI=1S/C3H3N2O2P/c1-2(6)3(5-4)8-7/h1H3. The smallest absolute Gasteiger partial charge is 0.360 e. The first kappa shape index (κ1) is 7.15. The van der Waals surface area contributed by atoms with Gasteiger partial charge in [-0.25, -0.2) is 0 Å². The Balaban J connectivity index is 4.37. The van der Waals surface area contributed by atoms with Crippen LogP contribution in [0.5, 0.6) is 0 Å². The molecule has 0 heterocycles. The number of hydrogen-bond donors (Lipinski definition) is 0. The van der Waals surface area contributed by atoms with E-state index >= 15 is 0 Å². The lowest BCUT2D eigenvalue weighted by Gasteiger charge is -1.67. The molecule has 0 aliphatic carbocycles. The SMILES string of the molecule is CC(=O)C(=[N+]=[N-])P=O. The Bertz CT molecular complexity index is 170. The van der Waals surface area contributed by atoms with Gasteiger partial charge in [-0.3, -0.25) is 9.36 Å². The highest BCUT2D eigenvalue weighted by molar-refractivity contribution is 7.50. The molecule has 0 aliphatic rings. The van der Waals surface area contributed by atoms with Crippen LogP contribution in [-0.4, -0.2) is 16.0 Å². The predicted molar refractivity (Wildman–Crippen MR) is 26.9 cm³/mol.